The Morgan fingerprint density at radius 2 is 1.54 bits per heavy atom. The van der Waals surface area contributed by atoms with Gasteiger partial charge in [-0.05, 0) is 29.2 Å². The van der Waals surface area contributed by atoms with E-state index in [9.17, 15) is 28.8 Å². The molecule has 0 fully saturated rings. The van der Waals surface area contributed by atoms with Crippen molar-refractivity contribution in [2.45, 2.75) is 57.3 Å². The second-order valence-electron chi connectivity index (χ2n) is 13.6. The molecular weight excluding hydrogens is 740 g/mol. The van der Waals surface area contributed by atoms with Crippen LogP contribution in [0.5, 0.6) is 0 Å². The van der Waals surface area contributed by atoms with E-state index in [1.807, 2.05) is 24.3 Å². The number of nitrogens with zero attached hydrogens (tertiary/aromatic N) is 5. The number of carboxylic acid groups (broad SMARTS) is 1. The van der Waals surface area contributed by atoms with Crippen molar-refractivity contribution in [2.75, 3.05) is 60.7 Å². The molecule has 0 unspecified atom stereocenters. The summed E-state index contributed by atoms with van der Waals surface area (Å²) < 4.78 is 18.2. The zero-order chi connectivity index (χ0) is 41.5. The van der Waals surface area contributed by atoms with Crippen LogP contribution in [0.1, 0.15) is 48.9 Å². The third-order valence-corrected chi connectivity index (χ3v) is 9.55. The summed E-state index contributed by atoms with van der Waals surface area (Å²) in [5.74, 6) is -3.37. The number of carbonyl (C=O) groups excluding carboxylic acids is 5. The van der Waals surface area contributed by atoms with Crippen LogP contribution in [-0.2, 0) is 51.3 Å². The average molecular weight is 793 g/mol. The van der Waals surface area contributed by atoms with Gasteiger partial charge in [0.25, 0.3) is 0 Å². The fourth-order valence-corrected chi connectivity index (χ4v) is 6.09. The lowest BCUT2D eigenvalue weighted by atomic mass is 9.98. The summed E-state index contributed by atoms with van der Waals surface area (Å²) in [6, 6.07) is 14.1. The summed E-state index contributed by atoms with van der Waals surface area (Å²) >= 11 is 0. The van der Waals surface area contributed by atoms with E-state index in [2.05, 4.69) is 39.9 Å². The van der Waals surface area contributed by atoms with Gasteiger partial charge in [0, 0.05) is 52.8 Å². The molecule has 0 saturated carbocycles. The van der Waals surface area contributed by atoms with Crippen molar-refractivity contribution in [1.82, 2.24) is 35.1 Å². The molecule has 5 N–H and O–H groups in total. The van der Waals surface area contributed by atoms with Crippen LogP contribution in [0.3, 0.4) is 0 Å². The largest absolute Gasteiger partial charge is 0.480 e. The van der Waals surface area contributed by atoms with Gasteiger partial charge in [-0.1, -0.05) is 48.5 Å². The molecule has 0 saturated heterocycles. The lowest BCUT2D eigenvalue weighted by molar-refractivity contribution is -0.148. The number of benzene rings is 2. The minimum absolute atomic E-state index is 0.0165. The van der Waals surface area contributed by atoms with E-state index in [-0.39, 0.29) is 77.3 Å². The van der Waals surface area contributed by atoms with Crippen LogP contribution in [0.25, 0.3) is 11.1 Å². The molecule has 0 radical (unpaired) electrons. The number of aromatic nitrogens is 2. The first-order chi connectivity index (χ1) is 27.3. The number of likely N-dealkylation sites (N-methyl/N-ethyl adjacent to an activating group) is 1. The van der Waals surface area contributed by atoms with Crippen LogP contribution in [0.15, 0.2) is 61.1 Å². The van der Waals surface area contributed by atoms with Gasteiger partial charge in [0.05, 0.1) is 57.8 Å². The Hall–Kier alpha value is -5.85. The highest BCUT2D eigenvalue weighted by Crippen LogP contribution is 2.44. The lowest BCUT2D eigenvalue weighted by Crippen LogP contribution is -2.49. The molecule has 2 atom stereocenters. The first-order valence-corrected chi connectivity index (χ1v) is 18.6. The summed E-state index contributed by atoms with van der Waals surface area (Å²) in [7, 11) is 4.76. The minimum atomic E-state index is -1.18. The number of fused-ring (bicyclic) bond motifs is 3. The van der Waals surface area contributed by atoms with Crippen LogP contribution in [0.2, 0.25) is 0 Å². The van der Waals surface area contributed by atoms with Crippen LogP contribution in [-0.4, -0.2) is 138 Å². The van der Waals surface area contributed by atoms with Gasteiger partial charge in [-0.15, -0.1) is 0 Å². The number of hydrogen-bond donors (Lipinski definition) is 4. The second kappa shape index (κ2) is 21.5. The predicted octanol–water partition coefficient (Wildman–Crippen LogP) is 1.33. The maximum atomic E-state index is 13.0. The van der Waals surface area contributed by atoms with Crippen molar-refractivity contribution in [3.63, 3.8) is 0 Å². The summed E-state index contributed by atoms with van der Waals surface area (Å²) in [5, 5.41) is 17.2. The van der Waals surface area contributed by atoms with Gasteiger partial charge < -0.3 is 45.2 Å². The molecule has 0 bridgehead atoms. The summed E-state index contributed by atoms with van der Waals surface area (Å²) in [5.41, 5.74) is 10.5. The molecule has 0 aliphatic heterocycles. The van der Waals surface area contributed by atoms with Crippen LogP contribution in [0, 0.1) is 0 Å². The first kappa shape index (κ1) is 43.9. The van der Waals surface area contributed by atoms with Crippen LogP contribution >= 0.6 is 0 Å². The number of nitrogens with one attached hydrogen (secondary N) is 2. The molecule has 1 heterocycles. The maximum absolute atomic E-state index is 13.0. The van der Waals surface area contributed by atoms with Gasteiger partial charge in [0.1, 0.15) is 18.7 Å². The molecule has 57 heavy (non-hydrogen) atoms. The molecular formula is C39H52N8O10. The molecule has 1 aromatic heterocycles. The monoisotopic (exact) mass is 792 g/mol. The zero-order valence-electron chi connectivity index (χ0n) is 32.7. The molecule has 4 rings (SSSR count). The van der Waals surface area contributed by atoms with Crippen molar-refractivity contribution in [3.8, 4) is 11.1 Å². The third-order valence-electron chi connectivity index (χ3n) is 9.55. The fraction of sp³-hybridized carbons (Fsp3) is 0.462. The third kappa shape index (κ3) is 12.8. The molecule has 18 heteroatoms. The summed E-state index contributed by atoms with van der Waals surface area (Å²) in [6.07, 6.45) is 2.40. The minimum Gasteiger partial charge on any atom is -0.480 e. The summed E-state index contributed by atoms with van der Waals surface area (Å²) in [6.45, 7) is 2.77. The normalized spacial score (nSPS) is 12.9. The molecule has 0 spiro atoms. The Labute approximate surface area is 331 Å². The van der Waals surface area contributed by atoms with E-state index in [1.54, 1.807) is 36.2 Å². The lowest BCUT2D eigenvalue weighted by Gasteiger charge is -2.27. The zero-order valence-corrected chi connectivity index (χ0v) is 32.7. The Morgan fingerprint density at radius 1 is 0.912 bits per heavy atom. The number of aliphatic carboxylic acids is 1. The van der Waals surface area contributed by atoms with Crippen molar-refractivity contribution >= 4 is 35.7 Å². The van der Waals surface area contributed by atoms with Gasteiger partial charge in [-0.25, -0.2) is 24.6 Å². The van der Waals surface area contributed by atoms with Crippen molar-refractivity contribution < 1.29 is 48.1 Å². The number of imidazole rings is 1. The first-order valence-electron chi connectivity index (χ1n) is 18.6. The highest BCUT2D eigenvalue weighted by molar-refractivity contribution is 5.91. The number of hydrazine groups is 1. The SMILES string of the molecule is C[C@@H](C(=O)O)N(C)C(=O)CCOCCOCCNC(=O)[C@H](CC(N)=O)NC(=O)CCn1cnc(CN(C)N(C)C(=O)OCC2c3ccccc3-c3ccccc32)c1. The van der Waals surface area contributed by atoms with E-state index in [0.717, 1.165) is 27.2 Å². The van der Waals surface area contributed by atoms with Gasteiger partial charge in [0.2, 0.25) is 23.6 Å². The number of ether oxygens (including phenoxy) is 3. The molecule has 3 aromatic rings. The smallest absolute Gasteiger partial charge is 0.424 e. The van der Waals surface area contributed by atoms with Gasteiger partial charge in [0.15, 0.2) is 0 Å². The number of primary amides is 1. The van der Waals surface area contributed by atoms with E-state index >= 15 is 0 Å². The number of nitrogens with two attached hydrogens (primary N) is 1. The maximum Gasteiger partial charge on any atom is 0.424 e. The fourth-order valence-electron chi connectivity index (χ4n) is 6.09. The summed E-state index contributed by atoms with van der Waals surface area (Å²) in [4.78, 5) is 78.7. The Kier molecular flexibility index (Phi) is 16.5. The number of rotatable bonds is 23. The van der Waals surface area contributed by atoms with E-state index in [1.165, 1.54) is 19.0 Å². The average Bonchev–Trinajstić information content (AvgIpc) is 3.78. The molecule has 2 aromatic carbocycles. The standard InChI is InChI=1S/C39H52N8O10/c1-26(38(52)53)45(3)36(50)14-17-55-19-20-56-18-15-41-37(51)33(21-34(40)48)43-35(49)13-16-47-23-27(42-25-47)22-44(2)46(4)39(54)57-24-32-30-11-7-5-9-28(30)29-10-6-8-12-31(29)32/h5-12,23,25-26,32-33H,13-22,24H2,1-4H3,(H2,40,48)(H,41,51)(H,43,49)(H,52,53)/t26-,33-/m0/s1. The number of carboxylic acids is 1. The molecule has 1 aliphatic rings. The molecule has 1 aliphatic carbocycles. The van der Waals surface area contributed by atoms with Gasteiger partial charge in [-0.2, -0.15) is 0 Å². The number of carbonyl (C=O) groups is 6. The highest BCUT2D eigenvalue weighted by Gasteiger charge is 2.30. The van der Waals surface area contributed by atoms with Crippen LogP contribution in [0.4, 0.5) is 4.79 Å². The van der Waals surface area contributed by atoms with Crippen molar-refractivity contribution in [1.29, 1.82) is 0 Å². The molecule has 18 nitrogen and oxygen atoms in total. The number of amides is 5. The van der Waals surface area contributed by atoms with E-state index in [4.69, 9.17) is 25.1 Å². The Balaban J connectivity index is 1.12. The number of hydrogen-bond acceptors (Lipinski definition) is 11. The van der Waals surface area contributed by atoms with E-state index in [0.29, 0.717) is 5.69 Å². The Bertz CT molecular complexity index is 1820. The van der Waals surface area contributed by atoms with Gasteiger partial charge >= 0.3 is 12.1 Å². The van der Waals surface area contributed by atoms with E-state index < -0.39 is 48.3 Å². The van der Waals surface area contributed by atoms with Crippen molar-refractivity contribution in [2.24, 2.45) is 5.73 Å². The van der Waals surface area contributed by atoms with Crippen LogP contribution < -0.4 is 16.4 Å². The topological polar surface area (TPSA) is 228 Å². The molecule has 5 amide bonds. The Morgan fingerprint density at radius 3 is 2.18 bits per heavy atom. The quantitative estimate of drug-likeness (QED) is 0.0788. The van der Waals surface area contributed by atoms with Crippen molar-refractivity contribution in [3.05, 3.63) is 77.9 Å². The second-order valence-corrected chi connectivity index (χ2v) is 13.6. The molecule has 308 valence electrons. The van der Waals surface area contributed by atoms with Gasteiger partial charge in [-0.3, -0.25) is 19.2 Å². The highest BCUT2D eigenvalue weighted by atomic mass is 16.6. The number of aryl methyl sites for hydroxylation is 1. The predicted molar refractivity (Wildman–Crippen MR) is 206 cm³/mol.